The van der Waals surface area contributed by atoms with E-state index in [1.807, 2.05) is 18.2 Å². The molecule has 0 saturated heterocycles. The molecule has 7 nitrogen and oxygen atoms in total. The van der Waals surface area contributed by atoms with Gasteiger partial charge in [0.05, 0.1) is 28.1 Å². The van der Waals surface area contributed by atoms with Crippen LogP contribution < -0.4 is 10.9 Å². The number of aromatic nitrogens is 4. The molecule has 0 spiro atoms. The second-order valence-corrected chi connectivity index (χ2v) is 7.70. The fraction of sp³-hybridized carbons (Fsp3) is 0.120. The molecular formula is C25H19F2N5O2. The SMILES string of the molecule is CCC(=O)Nc1cc(-n2c(=O)ccc3cnc4ccc(-n5cccn5)cc4c32)ccc1C(F)F. The number of hydrogen-bond donors (Lipinski definition) is 1. The Morgan fingerprint density at radius 3 is 2.65 bits per heavy atom. The summed E-state index contributed by atoms with van der Waals surface area (Å²) in [4.78, 5) is 29.6. The average molecular weight is 459 g/mol. The third-order valence-corrected chi connectivity index (χ3v) is 5.60. The zero-order valence-electron chi connectivity index (χ0n) is 18.1. The number of nitrogens with zero attached hydrogens (tertiary/aromatic N) is 4. The van der Waals surface area contributed by atoms with Crippen LogP contribution in [0.15, 0.2) is 78.0 Å². The minimum Gasteiger partial charge on any atom is -0.326 e. The van der Waals surface area contributed by atoms with E-state index in [0.29, 0.717) is 27.5 Å². The summed E-state index contributed by atoms with van der Waals surface area (Å²) in [6.45, 7) is 1.63. The third-order valence-electron chi connectivity index (χ3n) is 5.60. The first-order valence-electron chi connectivity index (χ1n) is 10.6. The molecule has 3 aromatic heterocycles. The maximum Gasteiger partial charge on any atom is 0.265 e. The third kappa shape index (κ3) is 3.71. The first-order valence-corrected chi connectivity index (χ1v) is 10.6. The van der Waals surface area contributed by atoms with Crippen LogP contribution in [0.3, 0.4) is 0 Å². The molecule has 2 aromatic carbocycles. The normalized spacial score (nSPS) is 11.4. The summed E-state index contributed by atoms with van der Waals surface area (Å²) in [5.41, 5.74) is 1.67. The molecule has 0 saturated carbocycles. The van der Waals surface area contributed by atoms with Crippen molar-refractivity contribution in [1.29, 1.82) is 0 Å². The van der Waals surface area contributed by atoms with Crippen molar-refractivity contribution in [3.8, 4) is 11.4 Å². The van der Waals surface area contributed by atoms with Gasteiger partial charge in [0.1, 0.15) is 0 Å². The Morgan fingerprint density at radius 1 is 1.09 bits per heavy atom. The lowest BCUT2D eigenvalue weighted by Gasteiger charge is -2.16. The van der Waals surface area contributed by atoms with Crippen LogP contribution in [0.5, 0.6) is 0 Å². The highest BCUT2D eigenvalue weighted by molar-refractivity contribution is 6.04. The summed E-state index contributed by atoms with van der Waals surface area (Å²) in [5.74, 6) is -0.400. The number of amides is 1. The molecule has 0 aliphatic rings. The number of carbonyl (C=O) groups excluding carboxylic acids is 1. The Hall–Kier alpha value is -4.40. The van der Waals surface area contributed by atoms with Crippen molar-refractivity contribution in [3.05, 3.63) is 89.1 Å². The fourth-order valence-corrected chi connectivity index (χ4v) is 3.94. The molecule has 0 unspecified atom stereocenters. The molecule has 1 amide bonds. The number of carbonyl (C=O) groups is 1. The predicted octanol–water partition coefficient (Wildman–Crippen LogP) is 5.01. The molecule has 0 radical (unpaired) electrons. The smallest absolute Gasteiger partial charge is 0.265 e. The fourth-order valence-electron chi connectivity index (χ4n) is 3.94. The second-order valence-electron chi connectivity index (χ2n) is 7.70. The number of halogens is 2. The van der Waals surface area contributed by atoms with Crippen molar-refractivity contribution in [3.63, 3.8) is 0 Å². The number of fused-ring (bicyclic) bond motifs is 3. The summed E-state index contributed by atoms with van der Waals surface area (Å²) in [5, 5.41) is 8.18. The van der Waals surface area contributed by atoms with Gasteiger partial charge in [-0.05, 0) is 48.5 Å². The monoisotopic (exact) mass is 459 g/mol. The number of rotatable bonds is 5. The first-order chi connectivity index (χ1) is 16.5. The molecule has 170 valence electrons. The van der Waals surface area contributed by atoms with Gasteiger partial charge in [-0.3, -0.25) is 19.1 Å². The van der Waals surface area contributed by atoms with Crippen molar-refractivity contribution >= 4 is 33.4 Å². The Kier molecular flexibility index (Phi) is 5.37. The largest absolute Gasteiger partial charge is 0.326 e. The van der Waals surface area contributed by atoms with Gasteiger partial charge in [-0.1, -0.05) is 6.92 Å². The topological polar surface area (TPSA) is 81.8 Å². The van der Waals surface area contributed by atoms with Gasteiger partial charge in [0.25, 0.3) is 12.0 Å². The quantitative estimate of drug-likeness (QED) is 0.375. The highest BCUT2D eigenvalue weighted by Gasteiger charge is 2.18. The standard InChI is InChI=1S/C25H19F2N5O2/c1-2-22(33)30-21-13-17(5-7-18(21)25(26)27)32-23(34)9-4-15-14-28-20-8-6-16(12-19(20)24(15)32)31-11-3-10-29-31/h3-14,25H,2H2,1H3,(H,30,33). The van der Waals surface area contributed by atoms with E-state index in [1.54, 1.807) is 42.3 Å². The van der Waals surface area contributed by atoms with Crippen molar-refractivity contribution in [1.82, 2.24) is 19.3 Å². The van der Waals surface area contributed by atoms with Gasteiger partial charge in [-0.2, -0.15) is 5.10 Å². The van der Waals surface area contributed by atoms with Gasteiger partial charge in [0.2, 0.25) is 5.91 Å². The van der Waals surface area contributed by atoms with E-state index < -0.39 is 12.3 Å². The zero-order valence-corrected chi connectivity index (χ0v) is 18.1. The summed E-state index contributed by atoms with van der Waals surface area (Å²) < 4.78 is 30.3. The van der Waals surface area contributed by atoms with Crippen LogP contribution in [-0.2, 0) is 4.79 Å². The maximum absolute atomic E-state index is 13.6. The van der Waals surface area contributed by atoms with Crippen LogP contribution in [0, 0.1) is 0 Å². The maximum atomic E-state index is 13.6. The lowest BCUT2D eigenvalue weighted by atomic mass is 10.1. The summed E-state index contributed by atoms with van der Waals surface area (Å²) >= 11 is 0. The average Bonchev–Trinajstić information content (AvgIpc) is 3.38. The van der Waals surface area contributed by atoms with E-state index in [-0.39, 0.29) is 23.2 Å². The van der Waals surface area contributed by atoms with Gasteiger partial charge in [0.15, 0.2) is 0 Å². The van der Waals surface area contributed by atoms with Crippen LogP contribution in [-0.4, -0.2) is 25.2 Å². The van der Waals surface area contributed by atoms with Crippen molar-refractivity contribution in [2.75, 3.05) is 5.32 Å². The number of alkyl halides is 2. The molecule has 0 aliphatic carbocycles. The van der Waals surface area contributed by atoms with Gasteiger partial charge in [-0.25, -0.2) is 13.5 Å². The van der Waals surface area contributed by atoms with Crippen LogP contribution >= 0.6 is 0 Å². The van der Waals surface area contributed by atoms with E-state index in [4.69, 9.17) is 0 Å². The molecule has 0 fully saturated rings. The predicted molar refractivity (Wildman–Crippen MR) is 126 cm³/mol. The Morgan fingerprint density at radius 2 is 1.91 bits per heavy atom. The van der Waals surface area contributed by atoms with E-state index in [0.717, 1.165) is 5.69 Å². The molecule has 0 atom stereocenters. The molecule has 5 rings (SSSR count). The molecule has 3 heterocycles. The number of nitrogens with one attached hydrogen (secondary N) is 1. The number of hydrogen-bond acceptors (Lipinski definition) is 4. The van der Waals surface area contributed by atoms with Gasteiger partial charge >= 0.3 is 0 Å². The van der Waals surface area contributed by atoms with E-state index in [1.165, 1.54) is 28.8 Å². The summed E-state index contributed by atoms with van der Waals surface area (Å²) in [6, 6.07) is 14.5. The highest BCUT2D eigenvalue weighted by Crippen LogP contribution is 2.31. The van der Waals surface area contributed by atoms with E-state index in [9.17, 15) is 18.4 Å². The Labute approximate surface area is 192 Å². The molecule has 34 heavy (non-hydrogen) atoms. The number of pyridine rings is 2. The highest BCUT2D eigenvalue weighted by atomic mass is 19.3. The van der Waals surface area contributed by atoms with Crippen LogP contribution in [0.2, 0.25) is 0 Å². The molecule has 9 heteroatoms. The summed E-state index contributed by atoms with van der Waals surface area (Å²) in [6.07, 6.45) is 2.48. The Bertz CT molecular complexity index is 1590. The van der Waals surface area contributed by atoms with Gasteiger partial charge < -0.3 is 5.32 Å². The van der Waals surface area contributed by atoms with Crippen molar-refractivity contribution in [2.24, 2.45) is 0 Å². The molecule has 0 bridgehead atoms. The van der Waals surface area contributed by atoms with Crippen LogP contribution in [0.25, 0.3) is 33.2 Å². The first kappa shape index (κ1) is 21.4. The molecular weight excluding hydrogens is 440 g/mol. The lowest BCUT2D eigenvalue weighted by molar-refractivity contribution is -0.115. The lowest BCUT2D eigenvalue weighted by Crippen LogP contribution is -2.19. The minimum absolute atomic E-state index is 0.0288. The van der Waals surface area contributed by atoms with Gasteiger partial charge in [0, 0.05) is 47.4 Å². The van der Waals surface area contributed by atoms with Crippen molar-refractivity contribution in [2.45, 2.75) is 19.8 Å². The van der Waals surface area contributed by atoms with Crippen LogP contribution in [0.1, 0.15) is 25.3 Å². The van der Waals surface area contributed by atoms with E-state index >= 15 is 0 Å². The molecule has 5 aromatic rings. The van der Waals surface area contributed by atoms with Gasteiger partial charge in [-0.15, -0.1) is 0 Å². The Balaban J connectivity index is 1.80. The minimum atomic E-state index is -2.79. The number of benzene rings is 2. The van der Waals surface area contributed by atoms with Crippen molar-refractivity contribution < 1.29 is 13.6 Å². The summed E-state index contributed by atoms with van der Waals surface area (Å²) in [7, 11) is 0. The zero-order chi connectivity index (χ0) is 23.8. The van der Waals surface area contributed by atoms with E-state index in [2.05, 4.69) is 15.4 Å². The van der Waals surface area contributed by atoms with Crippen LogP contribution in [0.4, 0.5) is 14.5 Å². The molecule has 1 N–H and O–H groups in total. The second kappa shape index (κ2) is 8.51. The molecule has 0 aliphatic heterocycles. The number of anilines is 1.